The Morgan fingerprint density at radius 1 is 1.10 bits per heavy atom. The number of hydrogen-bond donors (Lipinski definition) is 3. The minimum Gasteiger partial charge on any atom is -0.409 e. The van der Waals surface area contributed by atoms with Crippen molar-refractivity contribution in [2.45, 2.75) is 0 Å². The van der Waals surface area contributed by atoms with E-state index in [4.69, 9.17) is 34.1 Å². The predicted molar refractivity (Wildman–Crippen MR) is 83.4 cm³/mol. The average molecular weight is 324 g/mol. The average Bonchev–Trinajstić information content (AvgIpc) is 2.49. The Labute approximate surface area is 131 Å². The molecule has 0 spiro atoms. The summed E-state index contributed by atoms with van der Waals surface area (Å²) in [5, 5.41) is 14.9. The van der Waals surface area contributed by atoms with Gasteiger partial charge in [0.05, 0.1) is 10.0 Å². The minimum absolute atomic E-state index is 0.0411. The van der Waals surface area contributed by atoms with Crippen molar-refractivity contribution in [1.29, 1.82) is 0 Å². The monoisotopic (exact) mass is 323 g/mol. The molecule has 0 heterocycles. The van der Waals surface area contributed by atoms with E-state index in [1.165, 1.54) is 6.07 Å². The van der Waals surface area contributed by atoms with E-state index in [2.05, 4.69) is 10.5 Å². The number of oxime groups is 1. The smallest absolute Gasteiger partial charge is 0.255 e. The Morgan fingerprint density at radius 3 is 2.52 bits per heavy atom. The molecule has 0 aliphatic rings. The third-order valence-electron chi connectivity index (χ3n) is 2.71. The largest absolute Gasteiger partial charge is 0.409 e. The second-order valence-corrected chi connectivity index (χ2v) is 4.96. The normalized spacial score (nSPS) is 11.2. The molecule has 21 heavy (non-hydrogen) atoms. The van der Waals surface area contributed by atoms with Crippen LogP contribution < -0.4 is 11.1 Å². The van der Waals surface area contributed by atoms with Crippen LogP contribution in [0.2, 0.25) is 10.0 Å². The Hall–Kier alpha value is -2.24. The van der Waals surface area contributed by atoms with E-state index in [1.54, 1.807) is 36.4 Å². The van der Waals surface area contributed by atoms with Crippen molar-refractivity contribution < 1.29 is 10.0 Å². The van der Waals surface area contributed by atoms with Gasteiger partial charge in [-0.1, -0.05) is 40.5 Å². The van der Waals surface area contributed by atoms with E-state index in [-0.39, 0.29) is 11.7 Å². The van der Waals surface area contributed by atoms with Gasteiger partial charge in [0.25, 0.3) is 5.91 Å². The molecule has 0 radical (unpaired) electrons. The first kappa shape index (κ1) is 15.2. The second kappa shape index (κ2) is 6.47. The summed E-state index contributed by atoms with van der Waals surface area (Å²) in [6.45, 7) is 0. The molecule has 0 aromatic heterocycles. The van der Waals surface area contributed by atoms with Crippen LogP contribution in [0, 0.1) is 0 Å². The third-order valence-corrected chi connectivity index (χ3v) is 3.44. The van der Waals surface area contributed by atoms with Gasteiger partial charge < -0.3 is 16.3 Å². The van der Waals surface area contributed by atoms with Gasteiger partial charge in [0.1, 0.15) is 0 Å². The van der Waals surface area contributed by atoms with Crippen LogP contribution in [0.15, 0.2) is 47.6 Å². The zero-order valence-electron chi connectivity index (χ0n) is 10.7. The first-order chi connectivity index (χ1) is 10.0. The van der Waals surface area contributed by atoms with E-state index >= 15 is 0 Å². The highest BCUT2D eigenvalue weighted by atomic mass is 35.5. The zero-order valence-corrected chi connectivity index (χ0v) is 12.2. The topological polar surface area (TPSA) is 87.7 Å². The van der Waals surface area contributed by atoms with Gasteiger partial charge in [-0.2, -0.15) is 0 Å². The summed E-state index contributed by atoms with van der Waals surface area (Å²) in [4.78, 5) is 12.1. The molecule has 108 valence electrons. The lowest BCUT2D eigenvalue weighted by atomic mass is 10.1. The Balaban J connectivity index is 2.21. The van der Waals surface area contributed by atoms with Crippen molar-refractivity contribution in [3.8, 4) is 0 Å². The molecule has 0 bridgehead atoms. The summed E-state index contributed by atoms with van der Waals surface area (Å²) in [5.41, 5.74) is 6.87. The number of carbonyl (C=O) groups excluding carboxylic acids is 1. The maximum absolute atomic E-state index is 12.1. The summed E-state index contributed by atoms with van der Waals surface area (Å²) in [6, 6.07) is 11.2. The Kier molecular flexibility index (Phi) is 4.67. The summed E-state index contributed by atoms with van der Waals surface area (Å²) in [5.74, 6) is -0.383. The van der Waals surface area contributed by atoms with Crippen molar-refractivity contribution in [2.24, 2.45) is 10.9 Å². The van der Waals surface area contributed by atoms with Crippen LogP contribution in [0.4, 0.5) is 5.69 Å². The molecule has 0 fully saturated rings. The van der Waals surface area contributed by atoms with Gasteiger partial charge >= 0.3 is 0 Å². The fourth-order valence-corrected chi connectivity index (χ4v) is 1.95. The van der Waals surface area contributed by atoms with Crippen LogP contribution in [0.3, 0.4) is 0 Å². The first-order valence-corrected chi connectivity index (χ1v) is 6.61. The van der Waals surface area contributed by atoms with Crippen LogP contribution in [-0.4, -0.2) is 17.0 Å². The molecule has 2 rings (SSSR count). The van der Waals surface area contributed by atoms with E-state index < -0.39 is 0 Å². The molecule has 0 saturated carbocycles. The highest BCUT2D eigenvalue weighted by molar-refractivity contribution is 6.42. The molecule has 0 saturated heterocycles. The third kappa shape index (κ3) is 3.65. The molecular weight excluding hydrogens is 313 g/mol. The van der Waals surface area contributed by atoms with Gasteiger partial charge in [0.15, 0.2) is 5.84 Å². The Morgan fingerprint density at radius 2 is 1.86 bits per heavy atom. The molecule has 0 aliphatic carbocycles. The molecule has 2 aromatic rings. The number of carbonyl (C=O) groups is 1. The number of halogens is 2. The molecule has 0 aliphatic heterocycles. The maximum Gasteiger partial charge on any atom is 0.255 e. The van der Waals surface area contributed by atoms with E-state index in [1.807, 2.05) is 0 Å². The molecule has 1 amide bonds. The standard InChI is InChI=1S/C14H11Cl2N3O2/c15-11-5-4-9(7-12(11)16)14(20)18-10-3-1-2-8(6-10)13(17)19-21/h1-7,21H,(H2,17,19)(H,18,20). The highest BCUT2D eigenvalue weighted by Gasteiger charge is 2.09. The molecule has 2 aromatic carbocycles. The molecule has 5 nitrogen and oxygen atoms in total. The molecule has 0 unspecified atom stereocenters. The minimum atomic E-state index is -0.342. The Bertz CT molecular complexity index is 717. The molecule has 4 N–H and O–H groups in total. The SMILES string of the molecule is N/C(=N/O)c1cccc(NC(=O)c2ccc(Cl)c(Cl)c2)c1. The predicted octanol–water partition coefficient (Wildman–Crippen LogP) is 3.34. The fraction of sp³-hybridized carbons (Fsp3) is 0. The number of nitrogens with zero attached hydrogens (tertiary/aromatic N) is 1. The fourth-order valence-electron chi connectivity index (χ4n) is 1.65. The van der Waals surface area contributed by atoms with Crippen LogP contribution >= 0.6 is 23.2 Å². The summed E-state index contributed by atoms with van der Waals surface area (Å²) >= 11 is 11.7. The van der Waals surface area contributed by atoms with Crippen molar-refractivity contribution in [1.82, 2.24) is 0 Å². The number of hydrogen-bond acceptors (Lipinski definition) is 3. The summed E-state index contributed by atoms with van der Waals surface area (Å²) < 4.78 is 0. The second-order valence-electron chi connectivity index (χ2n) is 4.15. The molecule has 7 heteroatoms. The number of nitrogens with one attached hydrogen (secondary N) is 1. The first-order valence-electron chi connectivity index (χ1n) is 5.85. The summed E-state index contributed by atoms with van der Waals surface area (Å²) in [6.07, 6.45) is 0. The van der Waals surface area contributed by atoms with Crippen LogP contribution in [0.5, 0.6) is 0 Å². The lowest BCUT2D eigenvalue weighted by Crippen LogP contribution is -2.15. The van der Waals surface area contributed by atoms with Gasteiger partial charge in [0.2, 0.25) is 0 Å². The number of amides is 1. The van der Waals surface area contributed by atoms with Crippen molar-refractivity contribution in [2.75, 3.05) is 5.32 Å². The van der Waals surface area contributed by atoms with Crippen LogP contribution in [-0.2, 0) is 0 Å². The van der Waals surface area contributed by atoms with Crippen molar-refractivity contribution in [3.05, 3.63) is 63.6 Å². The van der Waals surface area contributed by atoms with Crippen molar-refractivity contribution in [3.63, 3.8) is 0 Å². The van der Waals surface area contributed by atoms with Gasteiger partial charge in [-0.15, -0.1) is 0 Å². The van der Waals surface area contributed by atoms with E-state index in [9.17, 15) is 4.79 Å². The van der Waals surface area contributed by atoms with Crippen LogP contribution in [0.25, 0.3) is 0 Å². The number of amidine groups is 1. The van der Waals surface area contributed by atoms with E-state index in [0.717, 1.165) is 0 Å². The lowest BCUT2D eigenvalue weighted by Gasteiger charge is -2.07. The van der Waals surface area contributed by atoms with Gasteiger partial charge in [0, 0.05) is 16.8 Å². The molecular formula is C14H11Cl2N3O2. The maximum atomic E-state index is 12.1. The van der Waals surface area contributed by atoms with E-state index in [0.29, 0.717) is 26.9 Å². The van der Waals surface area contributed by atoms with Gasteiger partial charge in [-0.25, -0.2) is 0 Å². The van der Waals surface area contributed by atoms with Crippen molar-refractivity contribution >= 4 is 40.6 Å². The number of rotatable bonds is 3. The van der Waals surface area contributed by atoms with Gasteiger partial charge in [-0.3, -0.25) is 4.79 Å². The lowest BCUT2D eigenvalue weighted by molar-refractivity contribution is 0.102. The number of benzene rings is 2. The number of nitrogens with two attached hydrogens (primary N) is 1. The summed E-state index contributed by atoms with van der Waals surface area (Å²) in [7, 11) is 0. The van der Waals surface area contributed by atoms with Gasteiger partial charge in [-0.05, 0) is 30.3 Å². The van der Waals surface area contributed by atoms with Crippen LogP contribution in [0.1, 0.15) is 15.9 Å². The quantitative estimate of drug-likeness (QED) is 0.350. The highest BCUT2D eigenvalue weighted by Crippen LogP contribution is 2.23. The molecule has 0 atom stereocenters. The zero-order chi connectivity index (χ0) is 15.4. The number of anilines is 1.